The van der Waals surface area contributed by atoms with Crippen molar-refractivity contribution in [2.24, 2.45) is 5.41 Å². The van der Waals surface area contributed by atoms with Crippen LogP contribution in [0.3, 0.4) is 0 Å². The third-order valence-electron chi connectivity index (χ3n) is 6.08. The lowest BCUT2D eigenvalue weighted by Crippen LogP contribution is -2.70. The Labute approximate surface area is 226 Å². The number of hydrogen-bond donors (Lipinski definition) is 2. The molecule has 1 aromatic carbocycles. The fraction of sp³-hybridized carbons (Fsp3) is 0.593. The highest BCUT2D eigenvalue weighted by Gasteiger charge is 2.64. The van der Waals surface area contributed by atoms with Crippen LogP contribution in [0.1, 0.15) is 60.5 Å². The first-order chi connectivity index (χ1) is 17.3. The van der Waals surface area contributed by atoms with Gasteiger partial charge in [-0.15, -0.1) is 6.58 Å². The highest BCUT2D eigenvalue weighted by atomic mass is 32.2. The molecule has 0 bridgehead atoms. The highest BCUT2D eigenvalue weighted by molar-refractivity contribution is 7.86. The van der Waals surface area contributed by atoms with E-state index in [0.717, 1.165) is 5.56 Å². The Morgan fingerprint density at radius 2 is 1.66 bits per heavy atom. The summed E-state index contributed by atoms with van der Waals surface area (Å²) in [6.45, 7) is 16.5. The number of carbonyl (C=O) groups is 3. The van der Waals surface area contributed by atoms with Gasteiger partial charge in [0.25, 0.3) is 10.1 Å². The van der Waals surface area contributed by atoms with E-state index < -0.39 is 56.7 Å². The second-order valence-electron chi connectivity index (χ2n) is 11.9. The van der Waals surface area contributed by atoms with Gasteiger partial charge in [0, 0.05) is 19.0 Å². The van der Waals surface area contributed by atoms with Crippen molar-refractivity contribution in [3.63, 3.8) is 0 Å². The molecule has 38 heavy (non-hydrogen) atoms. The molecule has 1 aliphatic rings. The Kier molecular flexibility index (Phi) is 9.11. The van der Waals surface area contributed by atoms with Gasteiger partial charge < -0.3 is 20.3 Å². The van der Waals surface area contributed by atoms with Crippen LogP contribution in [0.5, 0.6) is 0 Å². The average Bonchev–Trinajstić information content (AvgIpc) is 3.06. The molecule has 2 rings (SSSR count). The van der Waals surface area contributed by atoms with Gasteiger partial charge in [-0.25, -0.2) is 4.79 Å². The average molecular weight is 552 g/mol. The molecular formula is C27H41N3O7S. The van der Waals surface area contributed by atoms with E-state index in [0.29, 0.717) is 0 Å². The third-order valence-corrected chi connectivity index (χ3v) is 7.36. The number of hydrogen-bond acceptors (Lipinski definition) is 7. The summed E-state index contributed by atoms with van der Waals surface area (Å²) >= 11 is 0. The number of carbonyl (C=O) groups excluding carboxylic acids is 3. The van der Waals surface area contributed by atoms with Gasteiger partial charge in [-0.3, -0.25) is 13.8 Å². The number of amides is 3. The Morgan fingerprint density at radius 3 is 2.13 bits per heavy atom. The van der Waals surface area contributed by atoms with Crippen molar-refractivity contribution < 1.29 is 31.7 Å². The first kappa shape index (κ1) is 31.3. The summed E-state index contributed by atoms with van der Waals surface area (Å²) in [7, 11) is -4.24. The van der Waals surface area contributed by atoms with Crippen molar-refractivity contribution in [1.82, 2.24) is 15.5 Å². The number of benzene rings is 1. The largest absolute Gasteiger partial charge is 0.444 e. The molecule has 0 unspecified atom stereocenters. The zero-order valence-electron chi connectivity index (χ0n) is 23.6. The molecule has 1 saturated heterocycles. The molecule has 1 fully saturated rings. The summed E-state index contributed by atoms with van der Waals surface area (Å²) in [4.78, 5) is 40.9. The second-order valence-corrected chi connectivity index (χ2v) is 13.5. The molecule has 0 aliphatic carbocycles. The molecule has 0 spiro atoms. The van der Waals surface area contributed by atoms with Gasteiger partial charge in [-0.05, 0) is 67.0 Å². The van der Waals surface area contributed by atoms with E-state index >= 15 is 0 Å². The Balaban J connectivity index is 2.65. The lowest BCUT2D eigenvalue weighted by molar-refractivity contribution is -0.139. The molecule has 0 aromatic heterocycles. The van der Waals surface area contributed by atoms with Crippen LogP contribution in [0, 0.1) is 12.3 Å². The molecule has 0 saturated carbocycles. The highest BCUT2D eigenvalue weighted by Crippen LogP contribution is 2.45. The predicted molar refractivity (Wildman–Crippen MR) is 144 cm³/mol. The van der Waals surface area contributed by atoms with Gasteiger partial charge in [0.15, 0.2) is 0 Å². The number of likely N-dealkylation sites (tertiary alicyclic amines) is 1. The smallest absolute Gasteiger partial charge is 0.410 e. The van der Waals surface area contributed by atoms with Gasteiger partial charge in [0.05, 0.1) is 23.5 Å². The lowest BCUT2D eigenvalue weighted by atomic mass is 9.69. The maximum atomic E-state index is 14.0. The Hall–Kier alpha value is -2.92. The van der Waals surface area contributed by atoms with Gasteiger partial charge in [-0.1, -0.05) is 23.8 Å². The minimum atomic E-state index is -4.24. The van der Waals surface area contributed by atoms with Crippen molar-refractivity contribution in [1.29, 1.82) is 0 Å². The van der Waals surface area contributed by atoms with Gasteiger partial charge in [-0.2, -0.15) is 8.42 Å². The summed E-state index contributed by atoms with van der Waals surface area (Å²) < 4.78 is 37.4. The predicted octanol–water partition coefficient (Wildman–Crippen LogP) is 3.30. The molecule has 1 aromatic rings. The van der Waals surface area contributed by atoms with E-state index in [1.54, 1.807) is 53.7 Å². The van der Waals surface area contributed by atoms with Crippen LogP contribution < -0.4 is 10.6 Å². The lowest BCUT2D eigenvalue weighted by Gasteiger charge is -2.44. The minimum Gasteiger partial charge on any atom is -0.444 e. The van der Waals surface area contributed by atoms with E-state index in [1.807, 2.05) is 6.92 Å². The second kappa shape index (κ2) is 11.1. The van der Waals surface area contributed by atoms with Crippen molar-refractivity contribution in [3.8, 4) is 0 Å². The molecule has 11 heteroatoms. The summed E-state index contributed by atoms with van der Waals surface area (Å²) in [6, 6.07) is 6.15. The molecule has 2 N–H and O–H groups in total. The van der Waals surface area contributed by atoms with Crippen molar-refractivity contribution in [3.05, 3.63) is 42.5 Å². The fourth-order valence-electron chi connectivity index (χ4n) is 4.46. The first-order valence-electron chi connectivity index (χ1n) is 12.4. The van der Waals surface area contributed by atoms with Crippen LogP contribution in [0.25, 0.3) is 0 Å². The SMILES string of the molecule is C=CC[C@@]1(COS(=O)(=O)c2ccc(C)cc2)CN(C(=O)OC(C)(C)C)C[C@@]1(NC(C)=O)C(=O)NC(C)(C)C. The number of aryl methyl sites for hydroxylation is 1. The number of ether oxygens (including phenoxy) is 1. The normalized spacial score (nSPS) is 22.1. The molecular weight excluding hydrogens is 510 g/mol. The summed E-state index contributed by atoms with van der Waals surface area (Å²) in [5.41, 5.74) is -3.79. The summed E-state index contributed by atoms with van der Waals surface area (Å²) in [5.74, 6) is -1.11. The summed E-state index contributed by atoms with van der Waals surface area (Å²) in [5, 5.41) is 5.65. The van der Waals surface area contributed by atoms with Crippen LogP contribution in [-0.2, 0) is 28.6 Å². The van der Waals surface area contributed by atoms with Gasteiger partial charge in [0.1, 0.15) is 11.1 Å². The first-order valence-corrected chi connectivity index (χ1v) is 13.8. The van der Waals surface area contributed by atoms with Crippen LogP contribution in [0.15, 0.2) is 41.8 Å². The number of allylic oxidation sites excluding steroid dienone is 1. The van der Waals surface area contributed by atoms with E-state index in [4.69, 9.17) is 8.92 Å². The van der Waals surface area contributed by atoms with E-state index in [-0.39, 0.29) is 24.4 Å². The number of rotatable bonds is 8. The van der Waals surface area contributed by atoms with E-state index in [1.165, 1.54) is 30.0 Å². The molecule has 2 atom stereocenters. The molecule has 0 radical (unpaired) electrons. The van der Waals surface area contributed by atoms with Crippen LogP contribution in [0.4, 0.5) is 4.79 Å². The van der Waals surface area contributed by atoms with Gasteiger partial charge >= 0.3 is 6.09 Å². The molecule has 10 nitrogen and oxygen atoms in total. The minimum absolute atomic E-state index is 0.0492. The Bertz CT molecular complexity index is 1170. The quantitative estimate of drug-likeness (QED) is 0.374. The standard InChI is InChI=1S/C27H41N3O7S/c1-10-15-26(18-36-38(34,35)21-13-11-19(2)12-14-21)16-30(23(33)37-25(7,8)9)17-27(26,28-20(3)31)22(32)29-24(4,5)6/h10-14H,1,15-18H2,2-9H3,(H,28,31)(H,29,32)/t26-,27+/m0/s1. The zero-order valence-corrected chi connectivity index (χ0v) is 24.5. The monoisotopic (exact) mass is 551 g/mol. The summed E-state index contributed by atoms with van der Waals surface area (Å²) in [6.07, 6.45) is 0.859. The topological polar surface area (TPSA) is 131 Å². The van der Waals surface area contributed by atoms with Crippen molar-refractivity contribution in [2.45, 2.75) is 83.4 Å². The van der Waals surface area contributed by atoms with Crippen LogP contribution >= 0.6 is 0 Å². The van der Waals surface area contributed by atoms with Crippen LogP contribution in [0.2, 0.25) is 0 Å². The fourth-order valence-corrected chi connectivity index (χ4v) is 5.45. The number of nitrogens with zero attached hydrogens (tertiary/aromatic N) is 1. The van der Waals surface area contributed by atoms with E-state index in [2.05, 4.69) is 17.2 Å². The Morgan fingerprint density at radius 1 is 1.08 bits per heavy atom. The zero-order chi connectivity index (χ0) is 29.2. The van der Waals surface area contributed by atoms with Crippen molar-refractivity contribution >= 4 is 28.0 Å². The maximum Gasteiger partial charge on any atom is 0.410 e. The van der Waals surface area contributed by atoms with Crippen molar-refractivity contribution in [2.75, 3.05) is 19.7 Å². The van der Waals surface area contributed by atoms with E-state index in [9.17, 15) is 22.8 Å². The van der Waals surface area contributed by atoms with Crippen LogP contribution in [-0.4, -0.2) is 67.6 Å². The molecule has 212 valence electrons. The molecule has 3 amide bonds. The van der Waals surface area contributed by atoms with Gasteiger partial charge in [0.2, 0.25) is 11.8 Å². The maximum absolute atomic E-state index is 14.0. The molecule has 1 heterocycles. The third kappa shape index (κ3) is 7.35. The molecule has 1 aliphatic heterocycles. The number of nitrogens with one attached hydrogen (secondary N) is 2.